The average Bonchev–Trinajstić information content (AvgIpc) is 2.79. The standard InChI is InChI=1S/C16H20N4O2/c1-2-18-9-4-10-19(12-11-18)15-7-6-14(20(21)22)13-5-3-8-17-16(13)15/h3,5-8H,2,4,9-12H2,1H3. The molecule has 2 heterocycles. The minimum atomic E-state index is -0.338. The first-order valence-electron chi connectivity index (χ1n) is 7.70. The molecule has 0 N–H and O–H groups in total. The number of pyridine rings is 1. The lowest BCUT2D eigenvalue weighted by molar-refractivity contribution is -0.383. The van der Waals surface area contributed by atoms with Crippen LogP contribution in [0.3, 0.4) is 0 Å². The monoisotopic (exact) mass is 300 g/mol. The molecule has 0 unspecified atom stereocenters. The van der Waals surface area contributed by atoms with Gasteiger partial charge in [0.25, 0.3) is 5.69 Å². The van der Waals surface area contributed by atoms with Crippen molar-refractivity contribution in [2.45, 2.75) is 13.3 Å². The Morgan fingerprint density at radius 2 is 2.09 bits per heavy atom. The minimum absolute atomic E-state index is 0.122. The van der Waals surface area contributed by atoms with Gasteiger partial charge in [-0.2, -0.15) is 0 Å². The molecule has 1 aliphatic rings. The fourth-order valence-electron chi connectivity index (χ4n) is 3.09. The summed E-state index contributed by atoms with van der Waals surface area (Å²) in [5.74, 6) is 0. The molecule has 0 amide bonds. The predicted molar refractivity (Wildman–Crippen MR) is 87.3 cm³/mol. The van der Waals surface area contributed by atoms with Gasteiger partial charge in [-0.1, -0.05) is 6.92 Å². The maximum Gasteiger partial charge on any atom is 0.278 e. The first-order chi connectivity index (χ1) is 10.7. The second-order valence-corrected chi connectivity index (χ2v) is 5.54. The van der Waals surface area contributed by atoms with Crippen LogP contribution in [-0.2, 0) is 0 Å². The third kappa shape index (κ3) is 2.74. The Bertz CT molecular complexity index is 689. The molecule has 0 atom stereocenters. The van der Waals surface area contributed by atoms with E-state index >= 15 is 0 Å². The minimum Gasteiger partial charge on any atom is -0.368 e. The molecule has 0 spiro atoms. The Morgan fingerprint density at radius 3 is 2.86 bits per heavy atom. The van der Waals surface area contributed by atoms with Crippen LogP contribution < -0.4 is 4.90 Å². The van der Waals surface area contributed by atoms with E-state index in [-0.39, 0.29) is 10.6 Å². The summed E-state index contributed by atoms with van der Waals surface area (Å²) < 4.78 is 0. The van der Waals surface area contributed by atoms with Crippen molar-refractivity contribution in [3.8, 4) is 0 Å². The Kier molecular flexibility index (Phi) is 4.20. The van der Waals surface area contributed by atoms with E-state index in [2.05, 4.69) is 21.7 Å². The molecule has 1 aliphatic heterocycles. The molecular formula is C16H20N4O2. The average molecular weight is 300 g/mol. The molecule has 0 radical (unpaired) electrons. The van der Waals surface area contributed by atoms with Gasteiger partial charge in [0.15, 0.2) is 0 Å². The van der Waals surface area contributed by atoms with Crippen LogP contribution in [0.4, 0.5) is 11.4 Å². The molecule has 1 aromatic carbocycles. The quantitative estimate of drug-likeness (QED) is 0.644. The van der Waals surface area contributed by atoms with E-state index in [0.717, 1.165) is 50.3 Å². The number of nitro groups is 1. The van der Waals surface area contributed by atoms with Gasteiger partial charge >= 0.3 is 0 Å². The molecule has 0 saturated carbocycles. The van der Waals surface area contributed by atoms with E-state index in [1.54, 1.807) is 24.4 Å². The lowest BCUT2D eigenvalue weighted by Crippen LogP contribution is -2.30. The molecule has 6 heteroatoms. The number of nitro benzene ring substituents is 1. The smallest absolute Gasteiger partial charge is 0.278 e. The highest BCUT2D eigenvalue weighted by atomic mass is 16.6. The van der Waals surface area contributed by atoms with Crippen LogP contribution in [-0.4, -0.2) is 47.5 Å². The number of aromatic nitrogens is 1. The van der Waals surface area contributed by atoms with Crippen molar-refractivity contribution >= 4 is 22.3 Å². The van der Waals surface area contributed by atoms with Crippen LogP contribution in [0, 0.1) is 10.1 Å². The van der Waals surface area contributed by atoms with Gasteiger partial charge in [-0.3, -0.25) is 15.1 Å². The van der Waals surface area contributed by atoms with Gasteiger partial charge in [0, 0.05) is 31.9 Å². The lowest BCUT2D eigenvalue weighted by atomic mass is 10.1. The van der Waals surface area contributed by atoms with Crippen molar-refractivity contribution in [2.24, 2.45) is 0 Å². The summed E-state index contributed by atoms with van der Waals surface area (Å²) in [4.78, 5) is 20.0. The summed E-state index contributed by atoms with van der Waals surface area (Å²) in [6.07, 6.45) is 2.80. The maximum absolute atomic E-state index is 11.2. The number of likely N-dealkylation sites (N-methyl/N-ethyl adjacent to an activating group) is 1. The van der Waals surface area contributed by atoms with Gasteiger partial charge in [0.1, 0.15) is 5.52 Å². The van der Waals surface area contributed by atoms with Crippen molar-refractivity contribution < 1.29 is 4.92 Å². The number of benzene rings is 1. The third-order valence-corrected chi connectivity index (χ3v) is 4.30. The van der Waals surface area contributed by atoms with Gasteiger partial charge in [0.05, 0.1) is 16.0 Å². The second-order valence-electron chi connectivity index (χ2n) is 5.54. The Morgan fingerprint density at radius 1 is 1.23 bits per heavy atom. The number of fused-ring (bicyclic) bond motifs is 1. The largest absolute Gasteiger partial charge is 0.368 e. The Hall–Kier alpha value is -2.21. The first kappa shape index (κ1) is 14.7. The molecule has 2 aromatic rings. The zero-order chi connectivity index (χ0) is 15.5. The first-order valence-corrected chi connectivity index (χ1v) is 7.70. The highest BCUT2D eigenvalue weighted by molar-refractivity contribution is 5.97. The molecule has 1 aromatic heterocycles. The van der Waals surface area contributed by atoms with Crippen LogP contribution in [0.1, 0.15) is 13.3 Å². The fourth-order valence-corrected chi connectivity index (χ4v) is 3.09. The van der Waals surface area contributed by atoms with E-state index in [9.17, 15) is 10.1 Å². The number of non-ortho nitro benzene ring substituents is 1. The summed E-state index contributed by atoms with van der Waals surface area (Å²) in [7, 11) is 0. The number of hydrogen-bond donors (Lipinski definition) is 0. The Balaban J connectivity index is 2.01. The SMILES string of the molecule is CCN1CCCN(c2ccc([N+](=O)[O-])c3cccnc23)CC1. The summed E-state index contributed by atoms with van der Waals surface area (Å²) in [5.41, 5.74) is 1.85. The van der Waals surface area contributed by atoms with E-state index < -0.39 is 0 Å². The zero-order valence-electron chi connectivity index (χ0n) is 12.7. The summed E-state index contributed by atoms with van der Waals surface area (Å²) >= 11 is 0. The predicted octanol–water partition coefficient (Wildman–Crippen LogP) is 2.68. The summed E-state index contributed by atoms with van der Waals surface area (Å²) in [5, 5.41) is 11.8. The van der Waals surface area contributed by atoms with Crippen LogP contribution in [0.2, 0.25) is 0 Å². The van der Waals surface area contributed by atoms with Gasteiger partial charge in [-0.25, -0.2) is 0 Å². The van der Waals surface area contributed by atoms with Gasteiger partial charge in [-0.15, -0.1) is 0 Å². The highest BCUT2D eigenvalue weighted by Gasteiger charge is 2.20. The van der Waals surface area contributed by atoms with Crippen molar-refractivity contribution in [3.05, 3.63) is 40.6 Å². The zero-order valence-corrected chi connectivity index (χ0v) is 12.7. The molecule has 3 rings (SSSR count). The van der Waals surface area contributed by atoms with Gasteiger partial charge in [0.2, 0.25) is 0 Å². The van der Waals surface area contributed by atoms with Crippen LogP contribution >= 0.6 is 0 Å². The molecule has 1 fully saturated rings. The molecule has 1 saturated heterocycles. The normalized spacial score (nSPS) is 16.7. The van der Waals surface area contributed by atoms with E-state index in [0.29, 0.717) is 5.39 Å². The maximum atomic E-state index is 11.2. The van der Waals surface area contributed by atoms with Gasteiger partial charge in [-0.05, 0) is 37.7 Å². The topological polar surface area (TPSA) is 62.5 Å². The molecule has 0 bridgehead atoms. The highest BCUT2D eigenvalue weighted by Crippen LogP contribution is 2.32. The number of rotatable bonds is 3. The van der Waals surface area contributed by atoms with E-state index in [4.69, 9.17) is 0 Å². The van der Waals surface area contributed by atoms with Crippen LogP contribution in [0.15, 0.2) is 30.5 Å². The number of anilines is 1. The van der Waals surface area contributed by atoms with Crippen molar-refractivity contribution in [1.82, 2.24) is 9.88 Å². The molecule has 116 valence electrons. The molecule has 0 aliphatic carbocycles. The number of nitrogens with zero attached hydrogens (tertiary/aromatic N) is 4. The fraction of sp³-hybridized carbons (Fsp3) is 0.438. The molecule has 6 nitrogen and oxygen atoms in total. The van der Waals surface area contributed by atoms with E-state index in [1.165, 1.54) is 0 Å². The summed E-state index contributed by atoms with van der Waals surface area (Å²) in [6, 6.07) is 6.97. The summed E-state index contributed by atoms with van der Waals surface area (Å²) in [6.45, 7) is 7.25. The molecular weight excluding hydrogens is 280 g/mol. The second kappa shape index (κ2) is 6.27. The van der Waals surface area contributed by atoms with Crippen molar-refractivity contribution in [2.75, 3.05) is 37.6 Å². The van der Waals surface area contributed by atoms with Crippen molar-refractivity contribution in [1.29, 1.82) is 0 Å². The van der Waals surface area contributed by atoms with Crippen LogP contribution in [0.25, 0.3) is 10.9 Å². The molecule has 22 heavy (non-hydrogen) atoms. The lowest BCUT2D eigenvalue weighted by Gasteiger charge is -2.24. The number of hydrogen-bond acceptors (Lipinski definition) is 5. The van der Waals surface area contributed by atoms with Crippen molar-refractivity contribution in [3.63, 3.8) is 0 Å². The third-order valence-electron chi connectivity index (χ3n) is 4.30. The van der Waals surface area contributed by atoms with Gasteiger partial charge < -0.3 is 9.80 Å². The van der Waals surface area contributed by atoms with E-state index in [1.807, 2.05) is 6.07 Å². The van der Waals surface area contributed by atoms with Crippen LogP contribution in [0.5, 0.6) is 0 Å². The Labute approximate surface area is 129 Å².